The maximum absolute atomic E-state index is 11.5. The summed E-state index contributed by atoms with van der Waals surface area (Å²) in [6.45, 7) is 0.630. The predicted molar refractivity (Wildman–Crippen MR) is 83.8 cm³/mol. The molecule has 0 fully saturated rings. The molecule has 0 aliphatic carbocycles. The van der Waals surface area contributed by atoms with Crippen molar-refractivity contribution in [1.82, 2.24) is 4.98 Å². The Balaban J connectivity index is 2.20. The highest BCUT2D eigenvalue weighted by Gasteiger charge is 2.17. The number of nitrogens with one attached hydrogen (secondary N) is 1. The first kappa shape index (κ1) is 15.8. The molecule has 0 radical (unpaired) electrons. The number of carbonyl (C=O) groups is 1. The summed E-state index contributed by atoms with van der Waals surface area (Å²) in [4.78, 5) is 16.0. The molecule has 112 valence electrons. The zero-order valence-electron chi connectivity index (χ0n) is 11.7. The molecule has 2 rings (SSSR count). The van der Waals surface area contributed by atoms with Crippen molar-refractivity contribution >= 4 is 39.7 Å². The van der Waals surface area contributed by atoms with Crippen LogP contribution in [0.4, 0.5) is 10.8 Å². The molecule has 7 heteroatoms. The van der Waals surface area contributed by atoms with Crippen molar-refractivity contribution in [2.45, 2.75) is 6.42 Å². The molecule has 0 aliphatic rings. The van der Waals surface area contributed by atoms with Gasteiger partial charge in [0.1, 0.15) is 0 Å². The minimum absolute atomic E-state index is 0.142. The van der Waals surface area contributed by atoms with Gasteiger partial charge in [0.2, 0.25) is 0 Å². The maximum atomic E-state index is 11.5. The second kappa shape index (κ2) is 7.40. The van der Waals surface area contributed by atoms with Crippen LogP contribution in [0.25, 0.3) is 0 Å². The second-order valence-electron chi connectivity index (χ2n) is 4.16. The Morgan fingerprint density at radius 3 is 2.86 bits per heavy atom. The number of halogens is 1. The number of benzene rings is 1. The monoisotopic (exact) mass is 326 g/mol. The van der Waals surface area contributed by atoms with Crippen molar-refractivity contribution < 1.29 is 14.3 Å². The Bertz CT molecular complexity index is 630. The smallest absolute Gasteiger partial charge is 0.351 e. The fraction of sp³-hybridized carbons (Fsp3) is 0.286. The standard InChI is InChI=1S/C14H15ClN2O3S/c1-19-8-7-9-5-3-4-6-10(9)16-14-17-12(15)11(21-14)13(18)20-2/h3-6H,7-8H2,1-2H3,(H,16,17). The van der Waals surface area contributed by atoms with Crippen LogP contribution in [-0.4, -0.2) is 31.8 Å². The van der Waals surface area contributed by atoms with E-state index in [9.17, 15) is 4.79 Å². The van der Waals surface area contributed by atoms with Gasteiger partial charge in [-0.2, -0.15) is 0 Å². The fourth-order valence-corrected chi connectivity index (χ4v) is 2.88. The molecule has 0 aliphatic heterocycles. The summed E-state index contributed by atoms with van der Waals surface area (Å²) in [6.07, 6.45) is 0.780. The van der Waals surface area contributed by atoms with Gasteiger partial charge >= 0.3 is 5.97 Å². The molecule has 0 saturated carbocycles. The van der Waals surface area contributed by atoms with E-state index in [0.717, 1.165) is 29.0 Å². The molecular weight excluding hydrogens is 312 g/mol. The number of ether oxygens (including phenoxy) is 2. The molecule has 1 aromatic carbocycles. The fourth-order valence-electron chi connectivity index (χ4n) is 1.76. The van der Waals surface area contributed by atoms with Crippen LogP contribution in [0, 0.1) is 0 Å². The number of hydrogen-bond donors (Lipinski definition) is 1. The molecule has 1 heterocycles. The van der Waals surface area contributed by atoms with Crippen LogP contribution in [0.2, 0.25) is 5.15 Å². The number of anilines is 2. The summed E-state index contributed by atoms with van der Waals surface area (Å²) in [5.41, 5.74) is 2.02. The van der Waals surface area contributed by atoms with Crippen LogP contribution >= 0.6 is 22.9 Å². The van der Waals surface area contributed by atoms with E-state index < -0.39 is 5.97 Å². The van der Waals surface area contributed by atoms with Crippen molar-refractivity contribution in [1.29, 1.82) is 0 Å². The lowest BCUT2D eigenvalue weighted by Crippen LogP contribution is -1.99. The second-order valence-corrected chi connectivity index (χ2v) is 5.51. The Morgan fingerprint density at radius 1 is 1.38 bits per heavy atom. The van der Waals surface area contributed by atoms with Gasteiger partial charge in [-0.25, -0.2) is 9.78 Å². The van der Waals surface area contributed by atoms with E-state index in [1.165, 1.54) is 7.11 Å². The first-order valence-corrected chi connectivity index (χ1v) is 7.43. The Morgan fingerprint density at radius 2 is 2.14 bits per heavy atom. The summed E-state index contributed by atoms with van der Waals surface area (Å²) in [7, 11) is 2.98. The molecule has 0 saturated heterocycles. The van der Waals surface area contributed by atoms with Gasteiger partial charge < -0.3 is 14.8 Å². The molecule has 1 N–H and O–H groups in total. The van der Waals surface area contributed by atoms with E-state index in [4.69, 9.17) is 16.3 Å². The van der Waals surface area contributed by atoms with E-state index in [1.807, 2.05) is 24.3 Å². The van der Waals surface area contributed by atoms with Gasteiger partial charge in [0.05, 0.1) is 13.7 Å². The summed E-state index contributed by atoms with van der Waals surface area (Å²) < 4.78 is 9.76. The molecule has 1 aromatic heterocycles. The molecule has 0 unspecified atom stereocenters. The average Bonchev–Trinajstić information content (AvgIpc) is 2.86. The first-order valence-electron chi connectivity index (χ1n) is 6.24. The van der Waals surface area contributed by atoms with Gasteiger partial charge in [-0.05, 0) is 18.1 Å². The summed E-state index contributed by atoms with van der Waals surface area (Å²) >= 11 is 7.11. The normalized spacial score (nSPS) is 10.4. The van der Waals surface area contributed by atoms with E-state index in [0.29, 0.717) is 11.7 Å². The number of esters is 1. The number of aromatic nitrogens is 1. The van der Waals surface area contributed by atoms with Crippen LogP contribution in [-0.2, 0) is 15.9 Å². The van der Waals surface area contributed by atoms with Crippen LogP contribution in [0.1, 0.15) is 15.2 Å². The van der Waals surface area contributed by atoms with Gasteiger partial charge in [-0.15, -0.1) is 0 Å². The SMILES string of the molecule is COCCc1ccccc1Nc1nc(Cl)c(C(=O)OC)s1. The summed E-state index contributed by atoms with van der Waals surface area (Å²) in [5, 5.41) is 3.87. The zero-order chi connectivity index (χ0) is 15.2. The molecule has 2 aromatic rings. The van der Waals surface area contributed by atoms with E-state index in [1.54, 1.807) is 7.11 Å². The lowest BCUT2D eigenvalue weighted by atomic mass is 10.1. The van der Waals surface area contributed by atoms with Crippen molar-refractivity contribution in [3.05, 3.63) is 39.9 Å². The zero-order valence-corrected chi connectivity index (χ0v) is 13.3. The van der Waals surface area contributed by atoms with Gasteiger partial charge in [-0.3, -0.25) is 0 Å². The first-order chi connectivity index (χ1) is 10.2. The van der Waals surface area contributed by atoms with E-state index in [-0.39, 0.29) is 10.0 Å². The Kier molecular flexibility index (Phi) is 5.55. The number of carbonyl (C=O) groups excluding carboxylic acids is 1. The predicted octanol–water partition coefficient (Wildman–Crippen LogP) is 3.52. The van der Waals surface area contributed by atoms with E-state index >= 15 is 0 Å². The summed E-state index contributed by atoms with van der Waals surface area (Å²) in [6, 6.07) is 7.84. The number of rotatable bonds is 6. The number of hydrogen-bond acceptors (Lipinski definition) is 6. The van der Waals surface area contributed by atoms with Crippen molar-refractivity contribution in [2.75, 3.05) is 26.1 Å². The maximum Gasteiger partial charge on any atom is 0.351 e. The van der Waals surface area contributed by atoms with Gasteiger partial charge in [0.15, 0.2) is 15.2 Å². The van der Waals surface area contributed by atoms with Crippen molar-refractivity contribution in [3.8, 4) is 0 Å². The van der Waals surface area contributed by atoms with Crippen LogP contribution < -0.4 is 5.32 Å². The van der Waals surface area contributed by atoms with Gasteiger partial charge in [-0.1, -0.05) is 41.1 Å². The largest absolute Gasteiger partial charge is 0.465 e. The molecule has 0 spiro atoms. The minimum atomic E-state index is -0.488. The highest BCUT2D eigenvalue weighted by atomic mass is 35.5. The minimum Gasteiger partial charge on any atom is -0.465 e. The van der Waals surface area contributed by atoms with Crippen LogP contribution in [0.3, 0.4) is 0 Å². The van der Waals surface area contributed by atoms with Crippen molar-refractivity contribution in [3.63, 3.8) is 0 Å². The third-order valence-electron chi connectivity index (χ3n) is 2.79. The van der Waals surface area contributed by atoms with Gasteiger partial charge in [0.25, 0.3) is 0 Å². The molecule has 21 heavy (non-hydrogen) atoms. The third-order valence-corrected chi connectivity index (χ3v) is 4.13. The molecule has 0 amide bonds. The molecule has 0 bridgehead atoms. The topological polar surface area (TPSA) is 60.5 Å². The number of para-hydroxylation sites is 1. The molecule has 5 nitrogen and oxygen atoms in total. The molecule has 0 atom stereocenters. The Labute approximate surface area is 131 Å². The third kappa shape index (κ3) is 3.93. The lowest BCUT2D eigenvalue weighted by Gasteiger charge is -2.09. The van der Waals surface area contributed by atoms with Crippen molar-refractivity contribution in [2.24, 2.45) is 0 Å². The van der Waals surface area contributed by atoms with Crippen LogP contribution in [0.15, 0.2) is 24.3 Å². The van der Waals surface area contributed by atoms with Gasteiger partial charge in [0, 0.05) is 12.8 Å². The highest BCUT2D eigenvalue weighted by Crippen LogP contribution is 2.30. The number of methoxy groups -OCH3 is 2. The average molecular weight is 327 g/mol. The Hall–Kier alpha value is -1.63. The summed E-state index contributed by atoms with van der Waals surface area (Å²) in [5.74, 6) is -0.488. The highest BCUT2D eigenvalue weighted by molar-refractivity contribution is 7.18. The quantitative estimate of drug-likeness (QED) is 0.823. The number of thiazole rings is 1. The van der Waals surface area contributed by atoms with E-state index in [2.05, 4.69) is 15.0 Å². The number of nitrogens with zero attached hydrogens (tertiary/aromatic N) is 1. The van der Waals surface area contributed by atoms with Crippen LogP contribution in [0.5, 0.6) is 0 Å². The lowest BCUT2D eigenvalue weighted by molar-refractivity contribution is 0.0606. The molecular formula is C14H15ClN2O3S.